The maximum Gasteiger partial charge on any atom is 0.254 e. The third kappa shape index (κ3) is 3.44. The van der Waals surface area contributed by atoms with Crippen molar-refractivity contribution in [3.63, 3.8) is 0 Å². The predicted octanol–water partition coefficient (Wildman–Crippen LogP) is 2.71. The lowest BCUT2D eigenvalue weighted by Gasteiger charge is -2.13. The van der Waals surface area contributed by atoms with Crippen LogP contribution in [0.5, 0.6) is 0 Å². The number of carbonyl (C=O) groups is 1. The molecule has 2 rings (SSSR count). The molecular formula is C16H17BrFN3O2. The molecule has 1 aromatic heterocycles. The van der Waals surface area contributed by atoms with Gasteiger partial charge in [0.05, 0.1) is 10.0 Å². The lowest BCUT2D eigenvalue weighted by molar-refractivity contribution is 0.0946. The first-order chi connectivity index (χ1) is 10.7. The van der Waals surface area contributed by atoms with E-state index in [1.165, 1.54) is 6.07 Å². The van der Waals surface area contributed by atoms with Crippen molar-refractivity contribution in [2.75, 3.05) is 5.73 Å². The second-order valence-electron chi connectivity index (χ2n) is 5.39. The summed E-state index contributed by atoms with van der Waals surface area (Å²) in [5.41, 5.74) is 7.98. The lowest BCUT2D eigenvalue weighted by Crippen LogP contribution is -2.29. The maximum atomic E-state index is 14.2. The molecule has 0 aliphatic rings. The summed E-state index contributed by atoms with van der Waals surface area (Å²) in [5, 5.41) is 2.58. The molecule has 0 radical (unpaired) electrons. The van der Waals surface area contributed by atoms with Crippen molar-refractivity contribution >= 4 is 27.5 Å². The Hall–Kier alpha value is -2.15. The number of H-pyrrole nitrogens is 1. The summed E-state index contributed by atoms with van der Waals surface area (Å²) in [4.78, 5) is 26.9. The highest BCUT2D eigenvalue weighted by molar-refractivity contribution is 9.10. The van der Waals surface area contributed by atoms with Crippen LogP contribution in [0.3, 0.4) is 0 Å². The summed E-state index contributed by atoms with van der Waals surface area (Å²) in [6.45, 7) is 5.14. The third-order valence-electron chi connectivity index (χ3n) is 3.67. The van der Waals surface area contributed by atoms with Gasteiger partial charge in [-0.3, -0.25) is 9.59 Å². The Kier molecular flexibility index (Phi) is 4.89. The molecule has 1 heterocycles. The van der Waals surface area contributed by atoms with Crippen molar-refractivity contribution < 1.29 is 9.18 Å². The Morgan fingerprint density at radius 3 is 2.61 bits per heavy atom. The number of nitrogen functional groups attached to an aromatic ring is 1. The van der Waals surface area contributed by atoms with Gasteiger partial charge in [0.2, 0.25) is 0 Å². The van der Waals surface area contributed by atoms with Crippen molar-refractivity contribution in [1.29, 1.82) is 0 Å². The number of aromatic amines is 1. The van der Waals surface area contributed by atoms with E-state index in [2.05, 4.69) is 26.2 Å². The summed E-state index contributed by atoms with van der Waals surface area (Å²) < 4.78 is 14.3. The summed E-state index contributed by atoms with van der Waals surface area (Å²) in [6.07, 6.45) is 0. The molecule has 0 spiro atoms. The van der Waals surface area contributed by atoms with Crippen molar-refractivity contribution in [3.8, 4) is 0 Å². The van der Waals surface area contributed by atoms with Crippen molar-refractivity contribution in [3.05, 3.63) is 60.7 Å². The van der Waals surface area contributed by atoms with Crippen LogP contribution in [0.2, 0.25) is 0 Å². The van der Waals surface area contributed by atoms with E-state index in [0.717, 1.165) is 11.3 Å². The van der Waals surface area contributed by atoms with Crippen LogP contribution in [-0.4, -0.2) is 10.9 Å². The van der Waals surface area contributed by atoms with Crippen LogP contribution >= 0.6 is 15.9 Å². The minimum atomic E-state index is -0.677. The Bertz CT molecular complexity index is 820. The van der Waals surface area contributed by atoms with Crippen LogP contribution in [0.25, 0.3) is 0 Å². The lowest BCUT2D eigenvalue weighted by atomic mass is 10.0. The highest BCUT2D eigenvalue weighted by Gasteiger charge is 2.20. The first kappa shape index (κ1) is 17.2. The molecule has 0 bridgehead atoms. The minimum Gasteiger partial charge on any atom is -0.398 e. The van der Waals surface area contributed by atoms with Crippen molar-refractivity contribution in [1.82, 2.24) is 10.3 Å². The van der Waals surface area contributed by atoms with E-state index >= 15 is 0 Å². The average molecular weight is 382 g/mol. The van der Waals surface area contributed by atoms with Gasteiger partial charge in [0.15, 0.2) is 5.82 Å². The molecule has 0 atom stereocenters. The molecule has 1 amide bonds. The van der Waals surface area contributed by atoms with Crippen LogP contribution < -0.4 is 16.6 Å². The van der Waals surface area contributed by atoms with E-state index in [4.69, 9.17) is 5.73 Å². The fourth-order valence-corrected chi connectivity index (χ4v) is 2.81. The van der Waals surface area contributed by atoms with Gasteiger partial charge in [0.25, 0.3) is 11.5 Å². The van der Waals surface area contributed by atoms with Crippen LogP contribution in [-0.2, 0) is 6.54 Å². The van der Waals surface area contributed by atoms with Gasteiger partial charge < -0.3 is 16.0 Å². The number of halogens is 2. The van der Waals surface area contributed by atoms with Gasteiger partial charge >= 0.3 is 0 Å². The number of aryl methyl sites for hydroxylation is 2. The molecule has 0 fully saturated rings. The fourth-order valence-electron chi connectivity index (χ4n) is 2.36. The van der Waals surface area contributed by atoms with E-state index in [0.29, 0.717) is 16.8 Å². The number of pyridine rings is 1. The second kappa shape index (κ2) is 6.54. The molecule has 7 heteroatoms. The van der Waals surface area contributed by atoms with Gasteiger partial charge in [0, 0.05) is 23.5 Å². The number of benzene rings is 1. The quantitative estimate of drug-likeness (QED) is 0.714. The third-order valence-corrected chi connectivity index (χ3v) is 4.24. The molecule has 0 saturated heterocycles. The molecule has 1 aromatic carbocycles. The SMILES string of the molecule is Cc1cc(C)c(CNC(=O)c2c(C)c(N)cc(Br)c2F)c(=O)[nH]1. The number of nitrogens with one attached hydrogen (secondary N) is 2. The zero-order chi connectivity index (χ0) is 17.3. The van der Waals surface area contributed by atoms with Gasteiger partial charge in [-0.1, -0.05) is 0 Å². The fraction of sp³-hybridized carbons (Fsp3) is 0.250. The van der Waals surface area contributed by atoms with Crippen LogP contribution in [0.15, 0.2) is 21.4 Å². The van der Waals surface area contributed by atoms with E-state index in [9.17, 15) is 14.0 Å². The number of hydrogen-bond donors (Lipinski definition) is 3. The monoisotopic (exact) mass is 381 g/mol. The molecule has 23 heavy (non-hydrogen) atoms. The Labute approximate surface area is 141 Å². The Morgan fingerprint density at radius 2 is 2.00 bits per heavy atom. The van der Waals surface area contributed by atoms with Crippen molar-refractivity contribution in [2.45, 2.75) is 27.3 Å². The summed E-state index contributed by atoms with van der Waals surface area (Å²) in [6, 6.07) is 3.22. The molecule has 122 valence electrons. The van der Waals surface area contributed by atoms with Crippen LogP contribution in [0.1, 0.15) is 32.7 Å². The zero-order valence-electron chi connectivity index (χ0n) is 13.0. The molecule has 0 aliphatic carbocycles. The molecule has 0 unspecified atom stereocenters. The Morgan fingerprint density at radius 1 is 1.35 bits per heavy atom. The zero-order valence-corrected chi connectivity index (χ0v) is 14.6. The maximum absolute atomic E-state index is 14.2. The van der Waals surface area contributed by atoms with Gasteiger partial charge in [-0.05, 0) is 60.0 Å². The second-order valence-corrected chi connectivity index (χ2v) is 6.24. The number of rotatable bonds is 3. The van der Waals surface area contributed by atoms with Gasteiger partial charge in [0.1, 0.15) is 0 Å². The van der Waals surface area contributed by atoms with E-state index in [1.54, 1.807) is 20.8 Å². The molecular weight excluding hydrogens is 365 g/mol. The Balaban J connectivity index is 2.30. The molecule has 0 saturated carbocycles. The van der Waals surface area contributed by atoms with E-state index in [1.807, 2.05) is 6.07 Å². The van der Waals surface area contributed by atoms with Gasteiger partial charge in [-0.15, -0.1) is 0 Å². The standard InChI is InChI=1S/C16H17BrFN3O2/c1-7-4-8(2)21-15(22)10(7)6-20-16(23)13-9(3)12(19)5-11(17)14(13)18/h4-5H,6,19H2,1-3H3,(H,20,23)(H,21,22). The predicted molar refractivity (Wildman–Crippen MR) is 91.0 cm³/mol. The number of hydrogen-bond acceptors (Lipinski definition) is 3. The molecule has 2 aromatic rings. The van der Waals surface area contributed by atoms with Gasteiger partial charge in [-0.2, -0.15) is 0 Å². The minimum absolute atomic E-state index is 0.00553. The molecule has 0 aliphatic heterocycles. The van der Waals surface area contributed by atoms with E-state index < -0.39 is 11.7 Å². The molecule has 5 nitrogen and oxygen atoms in total. The number of carbonyl (C=O) groups excluding carboxylic acids is 1. The molecule has 4 N–H and O–H groups in total. The van der Waals surface area contributed by atoms with Crippen molar-refractivity contribution in [2.24, 2.45) is 0 Å². The van der Waals surface area contributed by atoms with E-state index in [-0.39, 0.29) is 22.1 Å². The van der Waals surface area contributed by atoms with Gasteiger partial charge in [-0.25, -0.2) is 4.39 Å². The highest BCUT2D eigenvalue weighted by atomic mass is 79.9. The normalized spacial score (nSPS) is 10.7. The first-order valence-corrected chi connectivity index (χ1v) is 7.73. The average Bonchev–Trinajstić information content (AvgIpc) is 2.44. The number of amides is 1. The number of aromatic nitrogens is 1. The largest absolute Gasteiger partial charge is 0.398 e. The van der Waals surface area contributed by atoms with Crippen LogP contribution in [0.4, 0.5) is 10.1 Å². The first-order valence-electron chi connectivity index (χ1n) is 6.94. The summed E-state index contributed by atoms with van der Waals surface area (Å²) in [5.74, 6) is -1.30. The summed E-state index contributed by atoms with van der Waals surface area (Å²) >= 11 is 3.04. The van der Waals surface area contributed by atoms with Crippen LogP contribution in [0, 0.1) is 26.6 Å². The smallest absolute Gasteiger partial charge is 0.254 e. The summed E-state index contributed by atoms with van der Waals surface area (Å²) in [7, 11) is 0. The highest BCUT2D eigenvalue weighted by Crippen LogP contribution is 2.27. The number of nitrogens with two attached hydrogens (primary N) is 1. The number of anilines is 1. The topological polar surface area (TPSA) is 88.0 Å².